The van der Waals surface area contributed by atoms with Crippen LogP contribution in [0, 0.1) is 0 Å². The minimum Gasteiger partial charge on any atom is -0.543 e. The molecule has 0 bridgehead atoms. The van der Waals surface area contributed by atoms with Crippen molar-refractivity contribution in [3.05, 3.63) is 0 Å². The lowest BCUT2D eigenvalue weighted by Gasteiger charge is -2.00. The molecule has 0 unspecified atom stereocenters. The SMILES string of the molecule is C/C(=N/NC(N)=S)C(=O)[O-]. The zero-order valence-electron chi connectivity index (χ0n) is 5.25. The standard InChI is InChI=1S/C4H7N3O2S/c1-2(3(8)9)6-7-4(5)10/h1H3,(H,8,9)(H3,5,7,10)/p-1/b6-2-. The van der Waals surface area contributed by atoms with Crippen molar-refractivity contribution < 1.29 is 9.90 Å². The average Bonchev–Trinajstić information content (AvgIpc) is 1.82. The maximum atomic E-state index is 9.95. The van der Waals surface area contributed by atoms with Crippen LogP contribution in [-0.4, -0.2) is 16.8 Å². The second-order valence-corrected chi connectivity index (χ2v) is 1.90. The Morgan fingerprint density at radius 3 is 2.60 bits per heavy atom. The van der Waals surface area contributed by atoms with Crippen LogP contribution >= 0.6 is 12.2 Å². The molecule has 10 heavy (non-hydrogen) atoms. The molecule has 0 atom stereocenters. The summed E-state index contributed by atoms with van der Waals surface area (Å²) in [5, 5.41) is 13.1. The number of nitrogens with zero attached hydrogens (tertiary/aromatic N) is 1. The third-order valence-corrected chi connectivity index (χ3v) is 0.720. The van der Waals surface area contributed by atoms with Gasteiger partial charge in [0, 0.05) is 0 Å². The zero-order valence-corrected chi connectivity index (χ0v) is 6.07. The van der Waals surface area contributed by atoms with Gasteiger partial charge < -0.3 is 15.6 Å². The highest BCUT2D eigenvalue weighted by Crippen LogP contribution is 1.70. The Labute approximate surface area is 62.9 Å². The number of nitrogens with one attached hydrogen (secondary N) is 1. The molecule has 0 aromatic carbocycles. The van der Waals surface area contributed by atoms with E-state index in [1.54, 1.807) is 0 Å². The van der Waals surface area contributed by atoms with Crippen LogP contribution in [0.25, 0.3) is 0 Å². The van der Waals surface area contributed by atoms with Crippen molar-refractivity contribution in [2.75, 3.05) is 0 Å². The Morgan fingerprint density at radius 1 is 1.80 bits per heavy atom. The first-order chi connectivity index (χ1) is 4.54. The highest BCUT2D eigenvalue weighted by atomic mass is 32.1. The van der Waals surface area contributed by atoms with Crippen molar-refractivity contribution in [2.45, 2.75) is 6.92 Å². The first-order valence-corrected chi connectivity index (χ1v) is 2.76. The van der Waals surface area contributed by atoms with Gasteiger partial charge in [-0.2, -0.15) is 5.10 Å². The number of carbonyl (C=O) groups excluding carboxylic acids is 1. The smallest absolute Gasteiger partial charge is 0.184 e. The number of hydrogen-bond donors (Lipinski definition) is 2. The zero-order chi connectivity index (χ0) is 8.15. The Bertz CT molecular complexity index is 189. The third kappa shape index (κ3) is 3.79. The third-order valence-electron chi connectivity index (χ3n) is 0.629. The molecular formula is C4H6N3O2S-. The number of nitrogens with two attached hydrogens (primary N) is 1. The molecule has 3 N–H and O–H groups in total. The summed E-state index contributed by atoms with van der Waals surface area (Å²) in [6, 6.07) is 0. The lowest BCUT2D eigenvalue weighted by molar-refractivity contribution is -0.294. The summed E-state index contributed by atoms with van der Waals surface area (Å²) < 4.78 is 0. The molecule has 0 aromatic rings. The Morgan fingerprint density at radius 2 is 2.30 bits per heavy atom. The highest BCUT2D eigenvalue weighted by Gasteiger charge is 1.89. The van der Waals surface area contributed by atoms with Gasteiger partial charge in [-0.1, -0.05) is 0 Å². The van der Waals surface area contributed by atoms with Crippen molar-refractivity contribution in [2.24, 2.45) is 10.8 Å². The van der Waals surface area contributed by atoms with Crippen molar-refractivity contribution in [1.82, 2.24) is 5.43 Å². The van der Waals surface area contributed by atoms with Crippen molar-refractivity contribution in [3.8, 4) is 0 Å². The molecule has 0 amide bonds. The fourth-order valence-corrected chi connectivity index (χ4v) is 0.230. The molecule has 0 saturated carbocycles. The van der Waals surface area contributed by atoms with Crippen LogP contribution in [-0.2, 0) is 4.79 Å². The van der Waals surface area contributed by atoms with E-state index in [2.05, 4.69) is 22.7 Å². The molecule has 0 aliphatic heterocycles. The maximum absolute atomic E-state index is 9.95. The van der Waals surface area contributed by atoms with Crippen molar-refractivity contribution in [1.29, 1.82) is 0 Å². The molecule has 0 aliphatic rings. The van der Waals surface area contributed by atoms with Crippen LogP contribution in [0.4, 0.5) is 0 Å². The predicted octanol–water partition coefficient (Wildman–Crippen LogP) is -2.05. The van der Waals surface area contributed by atoms with E-state index >= 15 is 0 Å². The fourth-order valence-electron chi connectivity index (χ4n) is 0.185. The largest absolute Gasteiger partial charge is 0.543 e. The first kappa shape index (κ1) is 8.83. The second kappa shape index (κ2) is 3.78. The van der Waals surface area contributed by atoms with Crippen LogP contribution in [0.15, 0.2) is 5.10 Å². The summed E-state index contributed by atoms with van der Waals surface area (Å²) in [5.74, 6) is -1.36. The molecule has 6 heteroatoms. The number of rotatable bonds is 2. The predicted molar refractivity (Wildman–Crippen MR) is 38.0 cm³/mol. The number of aliphatic carboxylic acids is 1. The first-order valence-electron chi connectivity index (χ1n) is 2.35. The van der Waals surface area contributed by atoms with Crippen molar-refractivity contribution in [3.63, 3.8) is 0 Å². The van der Waals surface area contributed by atoms with E-state index < -0.39 is 5.97 Å². The maximum Gasteiger partial charge on any atom is 0.184 e. The Kier molecular flexibility index (Phi) is 3.34. The summed E-state index contributed by atoms with van der Waals surface area (Å²) in [6.45, 7) is 1.26. The van der Waals surface area contributed by atoms with Gasteiger partial charge in [0.2, 0.25) is 0 Å². The number of hydrazone groups is 1. The number of thiocarbonyl (C=S) groups is 1. The minimum atomic E-state index is -1.36. The van der Waals surface area contributed by atoms with E-state index in [0.29, 0.717) is 0 Å². The normalized spacial score (nSPS) is 10.7. The molecule has 0 saturated heterocycles. The molecule has 56 valence electrons. The summed E-state index contributed by atoms with van der Waals surface area (Å²) in [7, 11) is 0. The lowest BCUT2D eigenvalue weighted by atomic mass is 10.4. The van der Waals surface area contributed by atoms with E-state index in [1.165, 1.54) is 6.92 Å². The number of carboxylic acid groups (broad SMARTS) is 1. The van der Waals surface area contributed by atoms with Gasteiger partial charge in [-0.05, 0) is 19.1 Å². The van der Waals surface area contributed by atoms with Gasteiger partial charge in [0.25, 0.3) is 0 Å². The Balaban J connectivity index is 3.92. The monoisotopic (exact) mass is 160 g/mol. The van der Waals surface area contributed by atoms with E-state index in [0.717, 1.165) is 0 Å². The van der Waals surface area contributed by atoms with Gasteiger partial charge in [0.1, 0.15) is 0 Å². The van der Waals surface area contributed by atoms with E-state index in [9.17, 15) is 9.90 Å². The molecule has 0 radical (unpaired) electrons. The molecule has 5 nitrogen and oxygen atoms in total. The quantitative estimate of drug-likeness (QED) is 0.275. The van der Waals surface area contributed by atoms with Gasteiger partial charge in [-0.25, -0.2) is 0 Å². The van der Waals surface area contributed by atoms with E-state index in [-0.39, 0.29) is 10.8 Å². The van der Waals surface area contributed by atoms with Gasteiger partial charge in [-0.15, -0.1) is 0 Å². The molecular weight excluding hydrogens is 154 g/mol. The summed E-state index contributed by atoms with van der Waals surface area (Å²) >= 11 is 4.35. The van der Waals surface area contributed by atoms with E-state index in [4.69, 9.17) is 5.73 Å². The van der Waals surface area contributed by atoms with Crippen LogP contribution < -0.4 is 16.3 Å². The van der Waals surface area contributed by atoms with Crippen LogP contribution in [0.2, 0.25) is 0 Å². The number of carboxylic acids is 1. The molecule has 0 heterocycles. The highest BCUT2D eigenvalue weighted by molar-refractivity contribution is 7.80. The van der Waals surface area contributed by atoms with Gasteiger partial charge in [0.15, 0.2) is 5.11 Å². The summed E-state index contributed by atoms with van der Waals surface area (Å²) in [5.41, 5.74) is 6.84. The number of carbonyl (C=O) groups is 1. The summed E-state index contributed by atoms with van der Waals surface area (Å²) in [4.78, 5) is 9.95. The molecule has 0 aliphatic carbocycles. The molecule has 0 fully saturated rings. The van der Waals surface area contributed by atoms with Gasteiger partial charge >= 0.3 is 0 Å². The van der Waals surface area contributed by atoms with Crippen LogP contribution in [0.5, 0.6) is 0 Å². The molecule has 0 rings (SSSR count). The fraction of sp³-hybridized carbons (Fsp3) is 0.250. The molecule has 0 spiro atoms. The lowest BCUT2D eigenvalue weighted by Crippen LogP contribution is -2.33. The van der Waals surface area contributed by atoms with Crippen LogP contribution in [0.3, 0.4) is 0 Å². The number of hydrogen-bond acceptors (Lipinski definition) is 4. The van der Waals surface area contributed by atoms with Gasteiger partial charge in [-0.3, -0.25) is 5.43 Å². The average molecular weight is 160 g/mol. The van der Waals surface area contributed by atoms with Crippen LogP contribution in [0.1, 0.15) is 6.92 Å². The minimum absolute atomic E-state index is 0.0828. The molecule has 0 aromatic heterocycles. The van der Waals surface area contributed by atoms with E-state index in [1.807, 2.05) is 0 Å². The van der Waals surface area contributed by atoms with Crippen molar-refractivity contribution >= 4 is 29.0 Å². The summed E-state index contributed by atoms with van der Waals surface area (Å²) in [6.07, 6.45) is 0. The topological polar surface area (TPSA) is 90.5 Å². The Hall–Kier alpha value is -1.17. The second-order valence-electron chi connectivity index (χ2n) is 1.46. The van der Waals surface area contributed by atoms with Gasteiger partial charge in [0.05, 0.1) is 11.7 Å².